The fourth-order valence-electron chi connectivity index (χ4n) is 2.46. The van der Waals surface area contributed by atoms with Gasteiger partial charge in [0.2, 0.25) is 5.91 Å². The van der Waals surface area contributed by atoms with Crippen LogP contribution >= 0.6 is 0 Å². The molecule has 1 aliphatic carbocycles. The lowest BCUT2D eigenvalue weighted by Crippen LogP contribution is -2.45. The van der Waals surface area contributed by atoms with Crippen molar-refractivity contribution in [3.8, 4) is 0 Å². The first-order chi connectivity index (χ1) is 9.08. The maximum absolute atomic E-state index is 12.3. The first-order valence-corrected chi connectivity index (χ1v) is 6.86. The van der Waals surface area contributed by atoms with Gasteiger partial charge in [-0.3, -0.25) is 9.59 Å². The number of carboxylic acid groups (broad SMARTS) is 1. The van der Waals surface area contributed by atoms with E-state index in [-0.39, 0.29) is 18.5 Å². The number of carboxylic acids is 1. The summed E-state index contributed by atoms with van der Waals surface area (Å²) < 4.78 is 5.26. The molecule has 1 saturated heterocycles. The van der Waals surface area contributed by atoms with Crippen LogP contribution < -0.4 is 0 Å². The predicted octanol–water partition coefficient (Wildman–Crippen LogP) is 1.43. The van der Waals surface area contributed by atoms with Crippen molar-refractivity contribution in [1.29, 1.82) is 0 Å². The van der Waals surface area contributed by atoms with E-state index in [4.69, 9.17) is 9.84 Å². The van der Waals surface area contributed by atoms with E-state index in [1.165, 1.54) is 4.90 Å². The van der Waals surface area contributed by atoms with Gasteiger partial charge in [-0.2, -0.15) is 0 Å². The second-order valence-electron chi connectivity index (χ2n) is 5.37. The SMILES string of the molecule is C/C(=C/C(=O)N(CC(=O)O)C1CCOCC1)C1CC1. The number of rotatable bonds is 5. The molecule has 0 unspecified atom stereocenters. The maximum Gasteiger partial charge on any atom is 0.323 e. The summed E-state index contributed by atoms with van der Waals surface area (Å²) in [5.74, 6) is -0.596. The topological polar surface area (TPSA) is 66.8 Å². The number of nitrogens with zero attached hydrogens (tertiary/aromatic N) is 1. The summed E-state index contributed by atoms with van der Waals surface area (Å²) in [4.78, 5) is 24.7. The summed E-state index contributed by atoms with van der Waals surface area (Å²) in [6.45, 7) is 2.93. The fourth-order valence-corrected chi connectivity index (χ4v) is 2.46. The van der Waals surface area contributed by atoms with E-state index >= 15 is 0 Å². The van der Waals surface area contributed by atoms with Crippen molar-refractivity contribution in [2.24, 2.45) is 5.92 Å². The number of ether oxygens (including phenoxy) is 1. The van der Waals surface area contributed by atoms with Crippen LogP contribution in [0.4, 0.5) is 0 Å². The van der Waals surface area contributed by atoms with Gasteiger partial charge in [0.15, 0.2) is 0 Å². The molecule has 2 rings (SSSR count). The lowest BCUT2D eigenvalue weighted by Gasteiger charge is -2.32. The van der Waals surface area contributed by atoms with Crippen LogP contribution in [0, 0.1) is 5.92 Å². The highest BCUT2D eigenvalue weighted by Gasteiger charge is 2.28. The molecule has 2 fully saturated rings. The normalized spacial score (nSPS) is 21.2. The predicted molar refractivity (Wildman–Crippen MR) is 69.7 cm³/mol. The Morgan fingerprint density at radius 2 is 1.89 bits per heavy atom. The molecule has 5 heteroatoms. The molecule has 0 aromatic heterocycles. The number of allylic oxidation sites excluding steroid dienone is 1. The molecule has 1 aliphatic heterocycles. The smallest absolute Gasteiger partial charge is 0.323 e. The Hall–Kier alpha value is -1.36. The zero-order valence-electron chi connectivity index (χ0n) is 11.3. The summed E-state index contributed by atoms with van der Waals surface area (Å²) >= 11 is 0. The van der Waals surface area contributed by atoms with E-state index in [1.807, 2.05) is 6.92 Å². The van der Waals surface area contributed by atoms with Crippen LogP contribution in [-0.2, 0) is 14.3 Å². The van der Waals surface area contributed by atoms with Crippen molar-refractivity contribution in [1.82, 2.24) is 4.90 Å². The Balaban J connectivity index is 2.04. The number of carbonyl (C=O) groups excluding carboxylic acids is 1. The van der Waals surface area contributed by atoms with Crippen LogP contribution in [0.25, 0.3) is 0 Å². The molecule has 0 atom stereocenters. The first-order valence-electron chi connectivity index (χ1n) is 6.86. The van der Waals surface area contributed by atoms with Crippen molar-refractivity contribution in [3.63, 3.8) is 0 Å². The van der Waals surface area contributed by atoms with Gasteiger partial charge >= 0.3 is 5.97 Å². The summed E-state index contributed by atoms with van der Waals surface area (Å²) in [5, 5.41) is 8.97. The average Bonchev–Trinajstić information content (AvgIpc) is 3.20. The Kier molecular flexibility index (Phi) is 4.58. The van der Waals surface area contributed by atoms with E-state index in [0.29, 0.717) is 19.1 Å². The largest absolute Gasteiger partial charge is 0.480 e. The molecule has 106 valence electrons. The third-order valence-electron chi connectivity index (χ3n) is 3.79. The summed E-state index contributed by atoms with van der Waals surface area (Å²) in [5.41, 5.74) is 1.08. The van der Waals surface area contributed by atoms with Crippen LogP contribution in [0.2, 0.25) is 0 Å². The van der Waals surface area contributed by atoms with Gasteiger partial charge in [-0.15, -0.1) is 0 Å². The number of hydrogen-bond donors (Lipinski definition) is 1. The lowest BCUT2D eigenvalue weighted by atomic mass is 10.1. The molecule has 1 saturated carbocycles. The number of amides is 1. The van der Waals surface area contributed by atoms with Gasteiger partial charge in [-0.25, -0.2) is 0 Å². The maximum atomic E-state index is 12.3. The number of carbonyl (C=O) groups is 2. The van der Waals surface area contributed by atoms with Gasteiger partial charge in [-0.05, 0) is 38.5 Å². The zero-order chi connectivity index (χ0) is 13.8. The monoisotopic (exact) mass is 267 g/mol. The van der Waals surface area contributed by atoms with E-state index in [1.54, 1.807) is 6.08 Å². The third-order valence-corrected chi connectivity index (χ3v) is 3.79. The Morgan fingerprint density at radius 1 is 1.26 bits per heavy atom. The van der Waals surface area contributed by atoms with E-state index in [0.717, 1.165) is 31.3 Å². The van der Waals surface area contributed by atoms with Crippen LogP contribution in [0.15, 0.2) is 11.6 Å². The number of aliphatic carboxylic acids is 1. The van der Waals surface area contributed by atoms with Gasteiger partial charge in [0, 0.05) is 25.3 Å². The summed E-state index contributed by atoms with van der Waals surface area (Å²) in [6.07, 6.45) is 5.35. The molecule has 5 nitrogen and oxygen atoms in total. The van der Waals surface area contributed by atoms with Gasteiger partial charge in [0.1, 0.15) is 6.54 Å². The molecule has 0 spiro atoms. The summed E-state index contributed by atoms with van der Waals surface area (Å²) in [6, 6.07) is -0.0133. The van der Waals surface area contributed by atoms with Crippen LogP contribution in [0.5, 0.6) is 0 Å². The Bertz CT molecular complexity index is 381. The van der Waals surface area contributed by atoms with Crippen molar-refractivity contribution in [2.45, 2.75) is 38.6 Å². The van der Waals surface area contributed by atoms with Crippen molar-refractivity contribution < 1.29 is 19.4 Å². The van der Waals surface area contributed by atoms with Gasteiger partial charge < -0.3 is 14.7 Å². The fraction of sp³-hybridized carbons (Fsp3) is 0.714. The standard InChI is InChI=1S/C14H21NO4/c1-10(11-2-3-11)8-13(16)15(9-14(17)18)12-4-6-19-7-5-12/h8,11-12H,2-7,9H2,1H3,(H,17,18)/b10-8-. The molecule has 1 amide bonds. The summed E-state index contributed by atoms with van der Waals surface area (Å²) in [7, 11) is 0. The zero-order valence-corrected chi connectivity index (χ0v) is 11.3. The highest BCUT2D eigenvalue weighted by Crippen LogP contribution is 2.36. The van der Waals surface area contributed by atoms with E-state index in [9.17, 15) is 9.59 Å². The first kappa shape index (κ1) is 14.1. The van der Waals surface area contributed by atoms with E-state index < -0.39 is 5.97 Å². The van der Waals surface area contributed by atoms with Gasteiger partial charge in [0.25, 0.3) is 0 Å². The minimum absolute atomic E-state index is 0.0133. The second kappa shape index (κ2) is 6.19. The Morgan fingerprint density at radius 3 is 2.42 bits per heavy atom. The lowest BCUT2D eigenvalue weighted by molar-refractivity contribution is -0.145. The molecule has 0 aromatic carbocycles. The molecule has 19 heavy (non-hydrogen) atoms. The molecule has 1 N–H and O–H groups in total. The minimum Gasteiger partial charge on any atom is -0.480 e. The molecule has 0 aromatic rings. The molecule has 2 aliphatic rings. The van der Waals surface area contributed by atoms with Crippen molar-refractivity contribution in [3.05, 3.63) is 11.6 Å². The molecule has 0 radical (unpaired) electrons. The molecular formula is C14H21NO4. The Labute approximate surface area is 113 Å². The van der Waals surface area contributed by atoms with E-state index in [2.05, 4.69) is 0 Å². The van der Waals surface area contributed by atoms with Crippen molar-refractivity contribution in [2.75, 3.05) is 19.8 Å². The average molecular weight is 267 g/mol. The second-order valence-corrected chi connectivity index (χ2v) is 5.37. The van der Waals surface area contributed by atoms with Crippen LogP contribution in [-0.4, -0.2) is 47.7 Å². The molecular weight excluding hydrogens is 246 g/mol. The molecule has 1 heterocycles. The van der Waals surface area contributed by atoms with Crippen molar-refractivity contribution >= 4 is 11.9 Å². The minimum atomic E-state index is -0.961. The molecule has 0 bridgehead atoms. The van der Waals surface area contributed by atoms with Gasteiger partial charge in [0.05, 0.1) is 0 Å². The quantitative estimate of drug-likeness (QED) is 0.765. The van der Waals surface area contributed by atoms with Crippen LogP contribution in [0.3, 0.4) is 0 Å². The number of hydrogen-bond acceptors (Lipinski definition) is 3. The van der Waals surface area contributed by atoms with Crippen LogP contribution in [0.1, 0.15) is 32.6 Å². The third kappa shape index (κ3) is 4.06. The van der Waals surface area contributed by atoms with Gasteiger partial charge in [-0.1, -0.05) is 5.57 Å². The highest BCUT2D eigenvalue weighted by molar-refractivity contribution is 5.91. The highest BCUT2D eigenvalue weighted by atomic mass is 16.5.